The molecule has 1 rings (SSSR count). The monoisotopic (exact) mass is 241 g/mol. The predicted octanol–water partition coefficient (Wildman–Crippen LogP) is 2.74. The number of nitrogens with one attached hydrogen (secondary N) is 1. The van der Waals surface area contributed by atoms with E-state index in [-0.39, 0.29) is 11.6 Å². The van der Waals surface area contributed by atoms with Crippen LogP contribution in [0.3, 0.4) is 0 Å². The molecule has 1 aliphatic carbocycles. The lowest BCUT2D eigenvalue weighted by molar-refractivity contribution is -0.153. The van der Waals surface area contributed by atoms with Gasteiger partial charge in [-0.1, -0.05) is 13.8 Å². The second kappa shape index (κ2) is 5.85. The fraction of sp³-hybridized carbons (Fsp3) is 0.929. The lowest BCUT2D eigenvalue weighted by Crippen LogP contribution is -2.40. The van der Waals surface area contributed by atoms with Gasteiger partial charge in [0.2, 0.25) is 0 Å². The third-order valence-electron chi connectivity index (χ3n) is 3.55. The average molecular weight is 241 g/mol. The van der Waals surface area contributed by atoms with Gasteiger partial charge in [-0.2, -0.15) is 0 Å². The number of carbonyl (C=O) groups is 1. The van der Waals surface area contributed by atoms with Crippen LogP contribution in [0.2, 0.25) is 0 Å². The minimum Gasteiger partial charge on any atom is -0.459 e. The number of hydrogen-bond donors (Lipinski definition) is 1. The molecule has 0 amide bonds. The Morgan fingerprint density at radius 2 is 1.88 bits per heavy atom. The standard InChI is InChI=1S/C14H27NO2/c1-10-6-7-12(8-11(10)2)15-9-13(16)17-14(3,4)5/h10-12,15H,6-9H2,1-5H3. The van der Waals surface area contributed by atoms with E-state index in [1.54, 1.807) is 0 Å². The zero-order valence-corrected chi connectivity index (χ0v) is 11.9. The summed E-state index contributed by atoms with van der Waals surface area (Å²) in [7, 11) is 0. The molecule has 1 aliphatic rings. The summed E-state index contributed by atoms with van der Waals surface area (Å²) in [6, 6.07) is 0.480. The van der Waals surface area contributed by atoms with E-state index in [9.17, 15) is 4.79 Å². The van der Waals surface area contributed by atoms with Crippen molar-refractivity contribution < 1.29 is 9.53 Å². The second-order valence-corrected chi connectivity index (χ2v) is 6.43. The first-order chi connectivity index (χ1) is 7.78. The lowest BCUT2D eigenvalue weighted by Gasteiger charge is -2.32. The molecule has 0 bridgehead atoms. The van der Waals surface area contributed by atoms with Crippen molar-refractivity contribution in [3.8, 4) is 0 Å². The van der Waals surface area contributed by atoms with Crippen LogP contribution in [0.4, 0.5) is 0 Å². The maximum atomic E-state index is 11.6. The number of ether oxygens (including phenoxy) is 1. The number of carbonyl (C=O) groups excluding carboxylic acids is 1. The van der Waals surface area contributed by atoms with Crippen LogP contribution in [0.15, 0.2) is 0 Å². The van der Waals surface area contributed by atoms with Crippen molar-refractivity contribution in [2.45, 2.75) is 65.5 Å². The summed E-state index contributed by atoms with van der Waals surface area (Å²) in [6.45, 7) is 10.6. The topological polar surface area (TPSA) is 38.3 Å². The lowest BCUT2D eigenvalue weighted by atomic mass is 9.79. The molecule has 100 valence electrons. The molecule has 0 radical (unpaired) electrons. The molecule has 1 saturated carbocycles. The van der Waals surface area contributed by atoms with Gasteiger partial charge >= 0.3 is 5.97 Å². The summed E-state index contributed by atoms with van der Waals surface area (Å²) in [5.74, 6) is 1.42. The number of rotatable bonds is 3. The molecular weight excluding hydrogens is 214 g/mol. The van der Waals surface area contributed by atoms with E-state index < -0.39 is 0 Å². The third-order valence-corrected chi connectivity index (χ3v) is 3.55. The Bertz CT molecular complexity index is 257. The van der Waals surface area contributed by atoms with Crippen LogP contribution < -0.4 is 5.32 Å². The first kappa shape index (κ1) is 14.5. The molecule has 3 heteroatoms. The van der Waals surface area contributed by atoms with E-state index in [2.05, 4.69) is 19.2 Å². The highest BCUT2D eigenvalue weighted by molar-refractivity contribution is 5.72. The predicted molar refractivity (Wildman–Crippen MR) is 69.8 cm³/mol. The van der Waals surface area contributed by atoms with Crippen molar-refractivity contribution in [2.75, 3.05) is 6.54 Å². The summed E-state index contributed by atoms with van der Waals surface area (Å²) < 4.78 is 5.28. The maximum Gasteiger partial charge on any atom is 0.320 e. The van der Waals surface area contributed by atoms with Crippen molar-refractivity contribution >= 4 is 5.97 Å². The highest BCUT2D eigenvalue weighted by Gasteiger charge is 2.25. The van der Waals surface area contributed by atoms with Crippen molar-refractivity contribution in [3.63, 3.8) is 0 Å². The molecule has 1 fully saturated rings. The van der Waals surface area contributed by atoms with Gasteiger partial charge in [0.05, 0.1) is 6.54 Å². The highest BCUT2D eigenvalue weighted by Crippen LogP contribution is 2.29. The molecule has 0 aromatic carbocycles. The van der Waals surface area contributed by atoms with Crippen LogP contribution >= 0.6 is 0 Å². The van der Waals surface area contributed by atoms with E-state index >= 15 is 0 Å². The molecule has 0 spiro atoms. The Morgan fingerprint density at radius 3 is 2.41 bits per heavy atom. The summed E-state index contributed by atoms with van der Waals surface area (Å²) in [5.41, 5.74) is -0.382. The average Bonchev–Trinajstić information content (AvgIpc) is 2.17. The summed E-state index contributed by atoms with van der Waals surface area (Å²) in [6.07, 6.45) is 3.60. The largest absolute Gasteiger partial charge is 0.459 e. The van der Waals surface area contributed by atoms with Crippen LogP contribution in [0.1, 0.15) is 53.9 Å². The fourth-order valence-corrected chi connectivity index (χ4v) is 2.34. The molecule has 3 unspecified atom stereocenters. The highest BCUT2D eigenvalue weighted by atomic mass is 16.6. The summed E-state index contributed by atoms with van der Waals surface area (Å²) in [5, 5.41) is 3.32. The van der Waals surface area contributed by atoms with Gasteiger partial charge in [0, 0.05) is 6.04 Å². The Morgan fingerprint density at radius 1 is 1.24 bits per heavy atom. The van der Waals surface area contributed by atoms with Crippen LogP contribution in [0, 0.1) is 11.8 Å². The number of hydrogen-bond acceptors (Lipinski definition) is 3. The third kappa shape index (κ3) is 5.53. The molecule has 3 nitrogen and oxygen atoms in total. The normalized spacial score (nSPS) is 30.1. The molecule has 3 atom stereocenters. The van der Waals surface area contributed by atoms with Crippen LogP contribution in [-0.2, 0) is 9.53 Å². The minimum absolute atomic E-state index is 0.149. The summed E-state index contributed by atoms with van der Waals surface area (Å²) >= 11 is 0. The summed E-state index contributed by atoms with van der Waals surface area (Å²) in [4.78, 5) is 11.6. The van der Waals surface area contributed by atoms with Crippen molar-refractivity contribution in [1.82, 2.24) is 5.32 Å². The van der Waals surface area contributed by atoms with E-state index in [0.29, 0.717) is 12.6 Å². The molecule has 0 aromatic rings. The van der Waals surface area contributed by atoms with Gasteiger partial charge in [0.15, 0.2) is 0 Å². The molecule has 1 N–H and O–H groups in total. The Labute approximate surface area is 105 Å². The molecule has 17 heavy (non-hydrogen) atoms. The molecule has 0 aromatic heterocycles. The van der Waals surface area contributed by atoms with Gasteiger partial charge in [-0.15, -0.1) is 0 Å². The van der Waals surface area contributed by atoms with E-state index in [1.165, 1.54) is 19.3 Å². The first-order valence-electron chi connectivity index (χ1n) is 6.73. The molecule has 0 heterocycles. The van der Waals surface area contributed by atoms with E-state index in [4.69, 9.17) is 4.74 Å². The van der Waals surface area contributed by atoms with Gasteiger partial charge in [-0.3, -0.25) is 4.79 Å². The SMILES string of the molecule is CC1CCC(NCC(=O)OC(C)(C)C)CC1C. The van der Waals surface area contributed by atoms with E-state index in [0.717, 1.165) is 11.8 Å². The van der Waals surface area contributed by atoms with E-state index in [1.807, 2.05) is 20.8 Å². The Balaban J connectivity index is 2.25. The second-order valence-electron chi connectivity index (χ2n) is 6.43. The van der Waals surface area contributed by atoms with Crippen molar-refractivity contribution in [1.29, 1.82) is 0 Å². The minimum atomic E-state index is -0.382. The first-order valence-corrected chi connectivity index (χ1v) is 6.73. The molecule has 0 saturated heterocycles. The van der Waals surface area contributed by atoms with Gasteiger partial charge in [-0.05, 0) is 51.9 Å². The number of esters is 1. The van der Waals surface area contributed by atoms with Gasteiger partial charge in [0.25, 0.3) is 0 Å². The zero-order valence-electron chi connectivity index (χ0n) is 11.9. The van der Waals surface area contributed by atoms with Crippen LogP contribution in [0.5, 0.6) is 0 Å². The smallest absolute Gasteiger partial charge is 0.320 e. The quantitative estimate of drug-likeness (QED) is 0.772. The maximum absolute atomic E-state index is 11.6. The van der Waals surface area contributed by atoms with Crippen molar-refractivity contribution in [3.05, 3.63) is 0 Å². The van der Waals surface area contributed by atoms with Gasteiger partial charge in [-0.25, -0.2) is 0 Å². The Kier molecular flexibility index (Phi) is 4.99. The van der Waals surface area contributed by atoms with Crippen LogP contribution in [-0.4, -0.2) is 24.2 Å². The molecule has 0 aliphatic heterocycles. The zero-order chi connectivity index (χ0) is 13.1. The van der Waals surface area contributed by atoms with Gasteiger partial charge in [0.1, 0.15) is 5.60 Å². The Hall–Kier alpha value is -0.570. The fourth-order valence-electron chi connectivity index (χ4n) is 2.34. The van der Waals surface area contributed by atoms with Crippen LogP contribution in [0.25, 0.3) is 0 Å². The van der Waals surface area contributed by atoms with Crippen molar-refractivity contribution in [2.24, 2.45) is 11.8 Å². The molecular formula is C14H27NO2. The van der Waals surface area contributed by atoms with Gasteiger partial charge < -0.3 is 10.1 Å².